The molecule has 1 aromatic carbocycles. The Balaban J connectivity index is 0.00000118. The molecular weight excluding hydrogens is 451 g/mol. The Morgan fingerprint density at radius 2 is 1.88 bits per heavy atom. The molecule has 1 rings (SSSR count). The van der Waals surface area contributed by atoms with Crippen molar-refractivity contribution in [1.82, 2.24) is 0 Å². The van der Waals surface area contributed by atoms with Gasteiger partial charge in [-0.3, -0.25) is 4.79 Å². The Kier molecular flexibility index (Phi) is 14.8. The zero-order chi connectivity index (χ0) is 18.2. The van der Waals surface area contributed by atoms with E-state index in [1.807, 2.05) is 13.0 Å². The number of esters is 1. The summed E-state index contributed by atoms with van der Waals surface area (Å²) in [5, 5.41) is 0. The number of benzene rings is 1. The van der Waals surface area contributed by atoms with E-state index in [9.17, 15) is 4.79 Å². The van der Waals surface area contributed by atoms with Crippen LogP contribution in [0.4, 0.5) is 0 Å². The van der Waals surface area contributed by atoms with E-state index in [4.69, 9.17) is 18.5 Å². The number of aryl methyl sites for hydroxylation is 1. The Labute approximate surface area is 158 Å². The lowest BCUT2D eigenvalue weighted by Crippen LogP contribution is -2.10. The molecule has 0 amide bonds. The molecule has 24 heavy (non-hydrogen) atoms. The second kappa shape index (κ2) is 15.5. The lowest BCUT2D eigenvalue weighted by Gasteiger charge is -2.09. The van der Waals surface area contributed by atoms with Crippen LogP contribution in [0.3, 0.4) is 0 Å². The third-order valence-electron chi connectivity index (χ3n) is 2.55. The summed E-state index contributed by atoms with van der Waals surface area (Å²) in [6.45, 7) is 4.26. The van der Waals surface area contributed by atoms with Crippen LogP contribution in [0.25, 0.3) is 0 Å². The molecule has 136 valence electrons. The van der Waals surface area contributed by atoms with Crippen molar-refractivity contribution in [3.63, 3.8) is 0 Å². The molecule has 0 spiro atoms. The minimum absolute atomic E-state index is 0.342. The fourth-order valence-electron chi connectivity index (χ4n) is 1.51. The van der Waals surface area contributed by atoms with E-state index in [1.54, 1.807) is 12.1 Å². The van der Waals surface area contributed by atoms with E-state index in [2.05, 4.69) is 30.7 Å². The Bertz CT molecular complexity index is 485. The standard InChI is InChI=1S/C13H17IO5S.C2H4O2/c1-10-9-11(3-4-12(10)13(15)16-2)18-7-5-17-6-8-19-20-14;1-4-2-3/h3-4,9H,5-8H2,1-2H3;2H,1H3. The van der Waals surface area contributed by atoms with E-state index in [-0.39, 0.29) is 5.97 Å². The Morgan fingerprint density at radius 1 is 1.21 bits per heavy atom. The van der Waals surface area contributed by atoms with Gasteiger partial charge < -0.3 is 23.1 Å². The normalized spacial score (nSPS) is 9.50. The number of hydrogen-bond donors (Lipinski definition) is 0. The molecule has 0 saturated carbocycles. The lowest BCUT2D eigenvalue weighted by atomic mass is 10.1. The van der Waals surface area contributed by atoms with Crippen LogP contribution in [0.1, 0.15) is 15.9 Å². The highest BCUT2D eigenvalue weighted by atomic mass is 127. The average molecular weight is 472 g/mol. The summed E-state index contributed by atoms with van der Waals surface area (Å²) >= 11 is 2.06. The molecule has 0 radical (unpaired) electrons. The van der Waals surface area contributed by atoms with Crippen molar-refractivity contribution in [2.45, 2.75) is 6.92 Å². The van der Waals surface area contributed by atoms with Gasteiger partial charge in [0.2, 0.25) is 0 Å². The highest BCUT2D eigenvalue weighted by molar-refractivity contribution is 14.2. The molecule has 0 bridgehead atoms. The fourth-order valence-corrected chi connectivity index (χ4v) is 2.18. The number of carbonyl (C=O) groups excluding carboxylic acids is 2. The summed E-state index contributed by atoms with van der Waals surface area (Å²) in [7, 11) is 3.97. The van der Waals surface area contributed by atoms with Gasteiger partial charge in [0, 0.05) is 21.2 Å². The van der Waals surface area contributed by atoms with Crippen LogP contribution in [0.2, 0.25) is 0 Å². The average Bonchev–Trinajstić information content (AvgIpc) is 2.60. The van der Waals surface area contributed by atoms with Crippen molar-refractivity contribution < 1.29 is 32.7 Å². The summed E-state index contributed by atoms with van der Waals surface area (Å²) in [5.41, 5.74) is 1.37. The largest absolute Gasteiger partial charge is 0.491 e. The molecule has 0 aliphatic heterocycles. The molecule has 0 atom stereocenters. The molecule has 0 heterocycles. The maximum atomic E-state index is 11.4. The molecule has 1 aromatic rings. The van der Waals surface area contributed by atoms with Crippen molar-refractivity contribution in [3.05, 3.63) is 29.3 Å². The Morgan fingerprint density at radius 3 is 2.42 bits per heavy atom. The van der Waals surface area contributed by atoms with Crippen molar-refractivity contribution in [2.24, 2.45) is 0 Å². The van der Waals surface area contributed by atoms with Gasteiger partial charge in [-0.2, -0.15) is 0 Å². The van der Waals surface area contributed by atoms with Gasteiger partial charge in [-0.15, -0.1) is 0 Å². The van der Waals surface area contributed by atoms with E-state index in [0.717, 1.165) is 5.56 Å². The molecule has 0 aliphatic rings. The fraction of sp³-hybridized carbons (Fsp3) is 0.467. The van der Waals surface area contributed by atoms with Gasteiger partial charge in [0.15, 0.2) is 0 Å². The highest BCUT2D eigenvalue weighted by Gasteiger charge is 2.09. The first-order valence-electron chi connectivity index (χ1n) is 6.86. The van der Waals surface area contributed by atoms with Crippen LogP contribution in [0.5, 0.6) is 5.75 Å². The highest BCUT2D eigenvalue weighted by Crippen LogP contribution is 2.18. The number of ether oxygens (including phenoxy) is 4. The molecule has 7 nitrogen and oxygen atoms in total. The summed E-state index contributed by atoms with van der Waals surface area (Å²) in [6, 6.07) is 5.25. The third kappa shape index (κ3) is 10.7. The van der Waals surface area contributed by atoms with Gasteiger partial charge >= 0.3 is 5.97 Å². The quantitative estimate of drug-likeness (QED) is 0.169. The molecule has 9 heteroatoms. The zero-order valence-corrected chi connectivity index (χ0v) is 16.8. The predicted molar refractivity (Wildman–Crippen MR) is 99.5 cm³/mol. The minimum atomic E-state index is -0.342. The summed E-state index contributed by atoms with van der Waals surface area (Å²) in [5.74, 6) is 0.364. The first-order valence-corrected chi connectivity index (χ1v) is 10.1. The molecule has 0 saturated heterocycles. The van der Waals surface area contributed by atoms with Crippen LogP contribution >= 0.6 is 30.4 Å². The first-order chi connectivity index (χ1) is 11.6. The van der Waals surface area contributed by atoms with Crippen molar-refractivity contribution >= 4 is 42.9 Å². The van der Waals surface area contributed by atoms with Gasteiger partial charge in [0.1, 0.15) is 12.4 Å². The lowest BCUT2D eigenvalue weighted by molar-refractivity contribution is -0.126. The monoisotopic (exact) mass is 472 g/mol. The van der Waals surface area contributed by atoms with Crippen LogP contribution < -0.4 is 4.74 Å². The van der Waals surface area contributed by atoms with Crippen LogP contribution in [-0.2, 0) is 23.2 Å². The van der Waals surface area contributed by atoms with Crippen LogP contribution in [-0.4, -0.2) is 53.1 Å². The molecule has 0 aliphatic carbocycles. The summed E-state index contributed by atoms with van der Waals surface area (Å²) in [4.78, 5) is 20.4. The summed E-state index contributed by atoms with van der Waals surface area (Å²) in [6.07, 6.45) is 0. The van der Waals surface area contributed by atoms with Gasteiger partial charge in [-0.25, -0.2) is 4.79 Å². The van der Waals surface area contributed by atoms with Gasteiger partial charge in [0.25, 0.3) is 6.47 Å². The van der Waals surface area contributed by atoms with Crippen LogP contribution in [0, 0.1) is 6.92 Å². The third-order valence-corrected chi connectivity index (χ3v) is 3.57. The van der Waals surface area contributed by atoms with Crippen molar-refractivity contribution in [1.29, 1.82) is 0 Å². The number of hydrogen-bond acceptors (Lipinski definition) is 8. The SMILES string of the molecule is COC(=O)c1ccc(OCCOCCOSI)cc1C.COC=O. The van der Waals surface area contributed by atoms with Crippen LogP contribution in [0.15, 0.2) is 18.2 Å². The summed E-state index contributed by atoms with van der Waals surface area (Å²) < 4.78 is 24.5. The van der Waals surface area contributed by atoms with E-state index < -0.39 is 0 Å². The number of rotatable bonds is 10. The topological polar surface area (TPSA) is 80.3 Å². The van der Waals surface area contributed by atoms with Gasteiger partial charge in [0.05, 0.1) is 48.8 Å². The minimum Gasteiger partial charge on any atom is -0.491 e. The molecule has 0 aromatic heterocycles. The van der Waals surface area contributed by atoms with Crippen molar-refractivity contribution in [2.75, 3.05) is 40.6 Å². The maximum absolute atomic E-state index is 11.4. The molecule has 0 fully saturated rings. The maximum Gasteiger partial charge on any atom is 0.338 e. The number of carbonyl (C=O) groups is 2. The molecule has 0 unspecified atom stereocenters. The predicted octanol–water partition coefficient (Wildman–Crippen LogP) is 2.98. The second-order valence-electron chi connectivity index (χ2n) is 4.15. The van der Waals surface area contributed by atoms with E-state index in [1.165, 1.54) is 23.4 Å². The number of halogens is 1. The first kappa shape index (κ1) is 23.0. The molecule has 0 N–H and O–H groups in total. The van der Waals surface area contributed by atoms with Gasteiger partial charge in [-0.1, -0.05) is 0 Å². The van der Waals surface area contributed by atoms with E-state index in [0.29, 0.717) is 44.2 Å². The van der Waals surface area contributed by atoms with Gasteiger partial charge in [-0.05, 0) is 30.7 Å². The second-order valence-corrected chi connectivity index (χ2v) is 5.59. The van der Waals surface area contributed by atoms with Crippen molar-refractivity contribution in [3.8, 4) is 5.75 Å². The molecular formula is C15H21IO7S. The number of methoxy groups -OCH3 is 2. The Hall–Kier alpha value is -1.04. The zero-order valence-electron chi connectivity index (χ0n) is 13.8. The van der Waals surface area contributed by atoms with E-state index >= 15 is 0 Å². The smallest absolute Gasteiger partial charge is 0.338 e.